The second-order valence-electron chi connectivity index (χ2n) is 9.72. The maximum absolute atomic E-state index is 14.0. The Balaban J connectivity index is 1.68. The van der Waals surface area contributed by atoms with Crippen molar-refractivity contribution in [2.45, 2.75) is 62.6 Å². The molecular weight excluding hydrogens is 534 g/mol. The van der Waals surface area contributed by atoms with Crippen molar-refractivity contribution < 1.29 is 18.0 Å². The quantitative estimate of drug-likeness (QED) is 0.336. The molecule has 1 fully saturated rings. The molecule has 4 rings (SSSR count). The van der Waals surface area contributed by atoms with Crippen LogP contribution in [0, 0.1) is 0 Å². The molecule has 7 nitrogen and oxygen atoms in total. The molecule has 3 aromatic rings. The van der Waals surface area contributed by atoms with Crippen LogP contribution in [0.5, 0.6) is 0 Å². The Kier molecular flexibility index (Phi) is 9.64. The first-order valence-corrected chi connectivity index (χ1v) is 15.1. The second kappa shape index (κ2) is 13.1. The molecule has 0 radical (unpaired) electrons. The van der Waals surface area contributed by atoms with Gasteiger partial charge in [-0.05, 0) is 61.2 Å². The molecule has 2 amide bonds. The van der Waals surface area contributed by atoms with E-state index >= 15 is 0 Å². The van der Waals surface area contributed by atoms with Crippen LogP contribution in [0.3, 0.4) is 0 Å². The average molecular weight is 568 g/mol. The summed E-state index contributed by atoms with van der Waals surface area (Å²) in [5.74, 6) is -0.689. The van der Waals surface area contributed by atoms with Crippen LogP contribution in [-0.4, -0.2) is 43.8 Å². The third-order valence-corrected chi connectivity index (χ3v) is 9.05. The zero-order valence-corrected chi connectivity index (χ0v) is 23.6. The molecular formula is C30H34ClN3O4S. The van der Waals surface area contributed by atoms with Crippen LogP contribution in [0.2, 0.25) is 5.02 Å². The lowest BCUT2D eigenvalue weighted by atomic mass is 10.1. The highest BCUT2D eigenvalue weighted by Gasteiger charge is 2.34. The third-order valence-electron chi connectivity index (χ3n) is 7.01. The molecule has 1 aliphatic carbocycles. The number of rotatable bonds is 11. The molecule has 1 unspecified atom stereocenters. The fourth-order valence-corrected chi connectivity index (χ4v) is 6.48. The van der Waals surface area contributed by atoms with E-state index in [9.17, 15) is 18.0 Å². The lowest BCUT2D eigenvalue weighted by molar-refractivity contribution is -0.140. The van der Waals surface area contributed by atoms with Gasteiger partial charge >= 0.3 is 0 Å². The number of benzene rings is 3. The number of sulfonamides is 1. The summed E-state index contributed by atoms with van der Waals surface area (Å²) >= 11 is 6.07. The SMILES string of the molecule is CCC(C(=O)NC1CCCC1)N(Cc1ccc(Cl)cc1)C(=O)CN(c1ccccc1)S(=O)(=O)c1ccccc1. The van der Waals surface area contributed by atoms with Crippen molar-refractivity contribution in [3.05, 3.63) is 95.5 Å². The highest BCUT2D eigenvalue weighted by molar-refractivity contribution is 7.92. The molecule has 1 aliphatic rings. The molecule has 206 valence electrons. The summed E-state index contributed by atoms with van der Waals surface area (Å²) in [7, 11) is -4.06. The van der Waals surface area contributed by atoms with Gasteiger partial charge in [0.2, 0.25) is 11.8 Å². The minimum atomic E-state index is -4.06. The summed E-state index contributed by atoms with van der Waals surface area (Å²) in [4.78, 5) is 29.0. The molecule has 0 saturated heterocycles. The van der Waals surface area contributed by atoms with Crippen LogP contribution in [0.25, 0.3) is 0 Å². The van der Waals surface area contributed by atoms with Crippen molar-refractivity contribution in [3.63, 3.8) is 0 Å². The number of para-hydroxylation sites is 1. The Morgan fingerprint density at radius 2 is 1.51 bits per heavy atom. The van der Waals surface area contributed by atoms with Gasteiger partial charge in [-0.15, -0.1) is 0 Å². The topological polar surface area (TPSA) is 86.8 Å². The minimum Gasteiger partial charge on any atom is -0.352 e. The minimum absolute atomic E-state index is 0.0805. The molecule has 0 spiro atoms. The molecule has 1 N–H and O–H groups in total. The number of hydrogen-bond donors (Lipinski definition) is 1. The van der Waals surface area contributed by atoms with Crippen molar-refractivity contribution in [2.75, 3.05) is 10.8 Å². The van der Waals surface area contributed by atoms with Crippen molar-refractivity contribution in [2.24, 2.45) is 0 Å². The Morgan fingerprint density at radius 3 is 2.10 bits per heavy atom. The predicted octanol–water partition coefficient (Wildman–Crippen LogP) is 5.40. The molecule has 1 saturated carbocycles. The van der Waals surface area contributed by atoms with Gasteiger partial charge in [-0.3, -0.25) is 13.9 Å². The normalized spacial score (nSPS) is 14.5. The Bertz CT molecular complexity index is 1350. The Morgan fingerprint density at radius 1 is 0.923 bits per heavy atom. The average Bonchev–Trinajstić information content (AvgIpc) is 3.46. The van der Waals surface area contributed by atoms with Crippen LogP contribution in [0.15, 0.2) is 89.8 Å². The number of anilines is 1. The van der Waals surface area contributed by atoms with E-state index in [1.165, 1.54) is 17.0 Å². The first kappa shape index (κ1) is 28.6. The van der Waals surface area contributed by atoms with Crippen molar-refractivity contribution in [1.82, 2.24) is 10.2 Å². The van der Waals surface area contributed by atoms with E-state index in [2.05, 4.69) is 5.32 Å². The van der Waals surface area contributed by atoms with E-state index < -0.39 is 28.5 Å². The van der Waals surface area contributed by atoms with Crippen LogP contribution < -0.4 is 9.62 Å². The van der Waals surface area contributed by atoms with Gasteiger partial charge < -0.3 is 10.2 Å². The Hall–Kier alpha value is -3.36. The van der Waals surface area contributed by atoms with Crippen LogP contribution in [0.4, 0.5) is 5.69 Å². The molecule has 1 atom stereocenters. The number of amides is 2. The Labute approximate surface area is 235 Å². The zero-order chi connectivity index (χ0) is 27.8. The third kappa shape index (κ3) is 7.19. The number of carbonyl (C=O) groups is 2. The van der Waals surface area contributed by atoms with Gasteiger partial charge in [0.05, 0.1) is 10.6 Å². The summed E-state index contributed by atoms with van der Waals surface area (Å²) in [6.07, 6.45) is 4.36. The molecule has 3 aromatic carbocycles. The molecule has 0 aliphatic heterocycles. The highest BCUT2D eigenvalue weighted by Crippen LogP contribution is 2.25. The molecule has 39 heavy (non-hydrogen) atoms. The standard InChI is InChI=1S/C30H34ClN3O4S/c1-2-28(30(36)32-25-11-9-10-12-25)33(21-23-17-19-24(31)20-18-23)29(35)22-34(26-13-5-3-6-14-26)39(37,38)27-15-7-4-8-16-27/h3-8,13-20,25,28H,2,9-12,21-22H2,1H3,(H,32,36). The number of hydrogen-bond acceptors (Lipinski definition) is 4. The first-order valence-electron chi connectivity index (χ1n) is 13.3. The number of carbonyl (C=O) groups excluding carboxylic acids is 2. The van der Waals surface area contributed by atoms with Crippen molar-refractivity contribution in [1.29, 1.82) is 0 Å². The van der Waals surface area contributed by atoms with E-state index in [4.69, 9.17) is 11.6 Å². The van der Waals surface area contributed by atoms with Crippen LogP contribution >= 0.6 is 11.6 Å². The molecule has 0 bridgehead atoms. The van der Waals surface area contributed by atoms with E-state index in [0.29, 0.717) is 17.1 Å². The van der Waals surface area contributed by atoms with Gasteiger partial charge in [-0.25, -0.2) is 8.42 Å². The lowest BCUT2D eigenvalue weighted by Gasteiger charge is -2.33. The lowest BCUT2D eigenvalue weighted by Crippen LogP contribution is -2.53. The first-order chi connectivity index (χ1) is 18.8. The second-order valence-corrected chi connectivity index (χ2v) is 12.0. The number of halogens is 1. The van der Waals surface area contributed by atoms with E-state index in [0.717, 1.165) is 35.6 Å². The van der Waals surface area contributed by atoms with Gasteiger partial charge in [0.15, 0.2) is 0 Å². The number of nitrogens with one attached hydrogen (secondary N) is 1. The fourth-order valence-electron chi connectivity index (χ4n) is 4.92. The monoisotopic (exact) mass is 567 g/mol. The van der Waals surface area contributed by atoms with Crippen molar-refractivity contribution >= 4 is 39.1 Å². The molecule has 9 heteroatoms. The van der Waals surface area contributed by atoms with Gasteiger partial charge in [0, 0.05) is 17.6 Å². The summed E-state index contributed by atoms with van der Waals surface area (Å²) in [5, 5.41) is 3.68. The molecule has 0 heterocycles. The van der Waals surface area contributed by atoms with Crippen LogP contribution in [-0.2, 0) is 26.2 Å². The maximum atomic E-state index is 14.0. The highest BCUT2D eigenvalue weighted by atomic mass is 35.5. The predicted molar refractivity (Wildman–Crippen MR) is 154 cm³/mol. The van der Waals surface area contributed by atoms with Gasteiger partial charge in [0.1, 0.15) is 12.6 Å². The summed E-state index contributed by atoms with van der Waals surface area (Å²) in [5.41, 5.74) is 1.15. The summed E-state index contributed by atoms with van der Waals surface area (Å²) in [6, 6.07) is 23.0. The van der Waals surface area contributed by atoms with E-state index in [1.54, 1.807) is 72.8 Å². The fraction of sp³-hybridized carbons (Fsp3) is 0.333. The van der Waals surface area contributed by atoms with E-state index in [-0.39, 0.29) is 23.4 Å². The van der Waals surface area contributed by atoms with Crippen molar-refractivity contribution in [3.8, 4) is 0 Å². The van der Waals surface area contributed by atoms with Crippen LogP contribution in [0.1, 0.15) is 44.6 Å². The summed E-state index contributed by atoms with van der Waals surface area (Å²) in [6.45, 7) is 1.54. The number of nitrogens with zero attached hydrogens (tertiary/aromatic N) is 2. The zero-order valence-electron chi connectivity index (χ0n) is 22.0. The molecule has 0 aromatic heterocycles. The van der Waals surface area contributed by atoms with Gasteiger partial charge in [0.25, 0.3) is 10.0 Å². The maximum Gasteiger partial charge on any atom is 0.264 e. The smallest absolute Gasteiger partial charge is 0.264 e. The van der Waals surface area contributed by atoms with Gasteiger partial charge in [-0.1, -0.05) is 79.9 Å². The van der Waals surface area contributed by atoms with E-state index in [1.807, 2.05) is 6.92 Å². The largest absolute Gasteiger partial charge is 0.352 e. The summed E-state index contributed by atoms with van der Waals surface area (Å²) < 4.78 is 28.6. The van der Waals surface area contributed by atoms with Gasteiger partial charge in [-0.2, -0.15) is 0 Å².